The van der Waals surface area contributed by atoms with Gasteiger partial charge in [0, 0.05) is 12.5 Å². The lowest BCUT2D eigenvalue weighted by molar-refractivity contribution is 0.0701. The number of rotatable bonds is 2. The summed E-state index contributed by atoms with van der Waals surface area (Å²) in [5.74, 6) is -0.462. The van der Waals surface area contributed by atoms with Crippen molar-refractivity contribution >= 4 is 17.3 Å². The van der Waals surface area contributed by atoms with E-state index in [2.05, 4.69) is 10.3 Å². The van der Waals surface area contributed by atoms with Crippen molar-refractivity contribution in [3.63, 3.8) is 0 Å². The summed E-state index contributed by atoms with van der Waals surface area (Å²) >= 11 is 1.32. The molecular weight excluding hydrogens is 212 g/mol. The Labute approximate surface area is 92.3 Å². The van der Waals surface area contributed by atoms with Crippen molar-refractivity contribution in [3.8, 4) is 0 Å². The fourth-order valence-corrected chi connectivity index (χ4v) is 2.89. The van der Waals surface area contributed by atoms with E-state index >= 15 is 0 Å². The van der Waals surface area contributed by atoms with E-state index in [9.17, 15) is 4.79 Å². The Morgan fingerprint density at radius 2 is 2.47 bits per heavy atom. The molecule has 5 heteroatoms. The lowest BCUT2D eigenvalue weighted by atomic mass is 10.0. The number of carboxylic acid groups (broad SMARTS) is 1. The molecule has 1 aliphatic heterocycles. The van der Waals surface area contributed by atoms with Gasteiger partial charge in [0.1, 0.15) is 4.88 Å². The summed E-state index contributed by atoms with van der Waals surface area (Å²) in [7, 11) is 0. The van der Waals surface area contributed by atoms with E-state index in [4.69, 9.17) is 5.11 Å². The Hall–Kier alpha value is -0.940. The van der Waals surface area contributed by atoms with Gasteiger partial charge in [-0.1, -0.05) is 0 Å². The molecule has 1 aliphatic rings. The van der Waals surface area contributed by atoms with E-state index in [-0.39, 0.29) is 0 Å². The smallest absolute Gasteiger partial charge is 0.347 e. The van der Waals surface area contributed by atoms with Crippen LogP contribution >= 0.6 is 11.3 Å². The first-order valence-electron chi connectivity index (χ1n) is 5.10. The van der Waals surface area contributed by atoms with Crippen LogP contribution in [0.3, 0.4) is 0 Å². The summed E-state index contributed by atoms with van der Waals surface area (Å²) in [6.45, 7) is 3.75. The van der Waals surface area contributed by atoms with Gasteiger partial charge >= 0.3 is 5.97 Å². The first kappa shape index (κ1) is 10.6. The van der Waals surface area contributed by atoms with Gasteiger partial charge in [0.05, 0.1) is 10.7 Å². The van der Waals surface area contributed by atoms with E-state index in [1.807, 2.05) is 0 Å². The van der Waals surface area contributed by atoms with Crippen LogP contribution in [0.5, 0.6) is 0 Å². The van der Waals surface area contributed by atoms with Crippen molar-refractivity contribution in [2.24, 2.45) is 0 Å². The molecule has 2 rings (SSSR count). The Morgan fingerprint density at radius 1 is 1.67 bits per heavy atom. The third-order valence-corrected chi connectivity index (χ3v) is 3.96. The van der Waals surface area contributed by atoms with Crippen LogP contribution in [-0.2, 0) is 0 Å². The second kappa shape index (κ2) is 4.28. The van der Waals surface area contributed by atoms with Crippen molar-refractivity contribution in [3.05, 3.63) is 15.6 Å². The molecular formula is C10H14N2O2S. The summed E-state index contributed by atoms with van der Waals surface area (Å²) in [6.07, 6.45) is 2.25. The molecule has 4 nitrogen and oxygen atoms in total. The topological polar surface area (TPSA) is 62.2 Å². The van der Waals surface area contributed by atoms with Crippen molar-refractivity contribution in [2.45, 2.75) is 25.7 Å². The largest absolute Gasteiger partial charge is 0.477 e. The van der Waals surface area contributed by atoms with Gasteiger partial charge in [-0.2, -0.15) is 0 Å². The van der Waals surface area contributed by atoms with E-state index in [1.165, 1.54) is 11.3 Å². The van der Waals surface area contributed by atoms with E-state index in [0.717, 1.165) is 30.9 Å². The van der Waals surface area contributed by atoms with Gasteiger partial charge in [0.15, 0.2) is 0 Å². The summed E-state index contributed by atoms with van der Waals surface area (Å²) in [5.41, 5.74) is 0.646. The van der Waals surface area contributed by atoms with Gasteiger partial charge in [-0.05, 0) is 26.3 Å². The third kappa shape index (κ3) is 2.18. The summed E-state index contributed by atoms with van der Waals surface area (Å²) in [6, 6.07) is 0. The SMILES string of the molecule is Cc1nc([C@H]2CCCNC2)sc1C(=O)O. The number of hydrogen-bond acceptors (Lipinski definition) is 4. The van der Waals surface area contributed by atoms with Crippen LogP contribution < -0.4 is 5.32 Å². The highest BCUT2D eigenvalue weighted by Crippen LogP contribution is 2.29. The molecule has 1 saturated heterocycles. The molecule has 1 aromatic heterocycles. The Bertz CT molecular complexity index is 369. The van der Waals surface area contributed by atoms with Crippen LogP contribution in [0.1, 0.15) is 39.1 Å². The van der Waals surface area contributed by atoms with Crippen LogP contribution in [-0.4, -0.2) is 29.1 Å². The van der Waals surface area contributed by atoms with Gasteiger partial charge < -0.3 is 10.4 Å². The fourth-order valence-electron chi connectivity index (χ4n) is 1.85. The number of carboxylic acids is 1. The van der Waals surface area contributed by atoms with Crippen molar-refractivity contribution in [1.82, 2.24) is 10.3 Å². The van der Waals surface area contributed by atoms with E-state index < -0.39 is 5.97 Å². The predicted octanol–water partition coefficient (Wildman–Crippen LogP) is 1.62. The van der Waals surface area contributed by atoms with Gasteiger partial charge in [0.25, 0.3) is 0 Å². The zero-order valence-corrected chi connectivity index (χ0v) is 9.43. The number of carbonyl (C=O) groups is 1. The minimum atomic E-state index is -0.861. The Kier molecular flexibility index (Phi) is 3.02. The molecule has 0 aliphatic carbocycles. The number of nitrogens with zero attached hydrogens (tertiary/aromatic N) is 1. The van der Waals surface area contributed by atoms with Crippen molar-refractivity contribution in [2.75, 3.05) is 13.1 Å². The second-order valence-electron chi connectivity index (χ2n) is 3.82. The number of aromatic nitrogens is 1. The molecule has 2 heterocycles. The monoisotopic (exact) mass is 226 g/mol. The fraction of sp³-hybridized carbons (Fsp3) is 0.600. The molecule has 0 bridgehead atoms. The molecule has 82 valence electrons. The summed E-state index contributed by atoms with van der Waals surface area (Å²) in [5, 5.41) is 13.2. The molecule has 0 unspecified atom stereocenters. The number of piperidine rings is 1. The zero-order chi connectivity index (χ0) is 10.8. The third-order valence-electron chi connectivity index (χ3n) is 2.65. The number of aryl methyl sites for hydroxylation is 1. The number of thiazole rings is 1. The Morgan fingerprint density at radius 3 is 3.00 bits per heavy atom. The summed E-state index contributed by atoms with van der Waals surface area (Å²) in [4.78, 5) is 15.6. The molecule has 1 fully saturated rings. The maximum atomic E-state index is 10.9. The highest BCUT2D eigenvalue weighted by Gasteiger charge is 2.22. The highest BCUT2D eigenvalue weighted by atomic mass is 32.1. The average molecular weight is 226 g/mol. The molecule has 0 radical (unpaired) electrons. The van der Waals surface area contributed by atoms with Crippen LogP contribution in [0.2, 0.25) is 0 Å². The Balaban J connectivity index is 2.21. The highest BCUT2D eigenvalue weighted by molar-refractivity contribution is 7.13. The summed E-state index contributed by atoms with van der Waals surface area (Å²) < 4.78 is 0. The van der Waals surface area contributed by atoms with Crippen molar-refractivity contribution in [1.29, 1.82) is 0 Å². The maximum Gasteiger partial charge on any atom is 0.347 e. The number of nitrogens with one attached hydrogen (secondary N) is 1. The standard InChI is InChI=1S/C10H14N2O2S/c1-6-8(10(13)14)15-9(12-6)7-3-2-4-11-5-7/h7,11H,2-5H2,1H3,(H,13,14)/t7-/m0/s1. The van der Waals surface area contributed by atoms with E-state index in [1.54, 1.807) is 6.92 Å². The quantitative estimate of drug-likeness (QED) is 0.804. The molecule has 0 aromatic carbocycles. The van der Waals surface area contributed by atoms with Gasteiger partial charge in [-0.25, -0.2) is 9.78 Å². The number of aromatic carboxylic acids is 1. The normalized spacial score (nSPS) is 21.5. The second-order valence-corrected chi connectivity index (χ2v) is 4.85. The molecule has 2 N–H and O–H groups in total. The van der Waals surface area contributed by atoms with Crippen molar-refractivity contribution < 1.29 is 9.90 Å². The minimum Gasteiger partial charge on any atom is -0.477 e. The van der Waals surface area contributed by atoms with Gasteiger partial charge in [-0.3, -0.25) is 0 Å². The van der Waals surface area contributed by atoms with Crippen LogP contribution in [0.15, 0.2) is 0 Å². The molecule has 1 atom stereocenters. The maximum absolute atomic E-state index is 10.9. The van der Waals surface area contributed by atoms with Crippen LogP contribution in [0, 0.1) is 6.92 Å². The average Bonchev–Trinajstić information content (AvgIpc) is 2.62. The predicted molar refractivity (Wildman–Crippen MR) is 58.7 cm³/mol. The zero-order valence-electron chi connectivity index (χ0n) is 8.62. The first-order chi connectivity index (χ1) is 7.18. The molecule has 15 heavy (non-hydrogen) atoms. The van der Waals surface area contributed by atoms with Crippen LogP contribution in [0.4, 0.5) is 0 Å². The van der Waals surface area contributed by atoms with Gasteiger partial charge in [0.2, 0.25) is 0 Å². The molecule has 0 amide bonds. The molecule has 0 saturated carbocycles. The van der Waals surface area contributed by atoms with E-state index in [0.29, 0.717) is 16.5 Å². The van der Waals surface area contributed by atoms with Gasteiger partial charge in [-0.15, -0.1) is 11.3 Å². The first-order valence-corrected chi connectivity index (χ1v) is 5.91. The molecule has 1 aromatic rings. The van der Waals surface area contributed by atoms with Crippen LogP contribution in [0.25, 0.3) is 0 Å². The minimum absolute atomic E-state index is 0.385. The lowest BCUT2D eigenvalue weighted by Crippen LogP contribution is -2.28. The lowest BCUT2D eigenvalue weighted by Gasteiger charge is -2.20. The molecule has 0 spiro atoms. The number of hydrogen-bond donors (Lipinski definition) is 2.